The number of thiophene rings is 1. The van der Waals surface area contributed by atoms with E-state index in [-0.39, 0.29) is 11.5 Å². The van der Waals surface area contributed by atoms with Crippen molar-refractivity contribution in [1.29, 1.82) is 0 Å². The van der Waals surface area contributed by atoms with Crippen molar-refractivity contribution in [3.8, 4) is 0 Å². The van der Waals surface area contributed by atoms with Crippen LogP contribution in [-0.2, 0) is 19.5 Å². The molecule has 2 aromatic heterocycles. The molecule has 3 rings (SSSR count). The highest BCUT2D eigenvalue weighted by Crippen LogP contribution is 2.25. The van der Waals surface area contributed by atoms with E-state index in [0.717, 1.165) is 34.6 Å². The summed E-state index contributed by atoms with van der Waals surface area (Å²) in [5, 5.41) is 0. The van der Waals surface area contributed by atoms with Crippen LogP contribution in [0.15, 0.2) is 20.7 Å². The lowest BCUT2D eigenvalue weighted by atomic mass is 10.1. The van der Waals surface area contributed by atoms with Crippen LogP contribution in [0.1, 0.15) is 16.1 Å². The summed E-state index contributed by atoms with van der Waals surface area (Å²) in [6.45, 7) is 2.39. The summed E-state index contributed by atoms with van der Waals surface area (Å²) >= 11 is 5.19. The Kier molecular flexibility index (Phi) is 3.42. The molecule has 0 atom stereocenters. The van der Waals surface area contributed by atoms with Crippen LogP contribution in [0.4, 0.5) is 5.95 Å². The number of hydrogen-bond donors (Lipinski definition) is 2. The number of aromatic nitrogens is 2. The zero-order valence-electron chi connectivity index (χ0n) is 10.1. The van der Waals surface area contributed by atoms with Crippen LogP contribution in [0.25, 0.3) is 0 Å². The summed E-state index contributed by atoms with van der Waals surface area (Å²) in [6.07, 6.45) is 0.774. The Labute approximate surface area is 122 Å². The maximum absolute atomic E-state index is 11.9. The monoisotopic (exact) mass is 340 g/mol. The summed E-state index contributed by atoms with van der Waals surface area (Å²) < 4.78 is 1.13. The molecule has 0 saturated carbocycles. The number of rotatable bonds is 2. The molecule has 19 heavy (non-hydrogen) atoms. The molecule has 0 amide bonds. The number of aromatic amines is 1. The maximum Gasteiger partial charge on any atom is 0.257 e. The fraction of sp³-hybridized carbons (Fsp3) is 0.333. The Morgan fingerprint density at radius 3 is 3.11 bits per heavy atom. The highest BCUT2D eigenvalue weighted by Gasteiger charge is 2.21. The van der Waals surface area contributed by atoms with Gasteiger partial charge in [0.2, 0.25) is 5.95 Å². The van der Waals surface area contributed by atoms with Crippen LogP contribution in [0.3, 0.4) is 0 Å². The van der Waals surface area contributed by atoms with Crippen molar-refractivity contribution in [3.63, 3.8) is 0 Å². The van der Waals surface area contributed by atoms with Crippen molar-refractivity contribution in [2.45, 2.75) is 19.5 Å². The molecule has 1 aliphatic heterocycles. The number of hydrogen-bond acceptors (Lipinski definition) is 5. The number of fused-ring (bicyclic) bond motifs is 1. The average Bonchev–Trinajstić information content (AvgIpc) is 2.75. The molecular formula is C12H13BrN4OS. The number of anilines is 1. The second kappa shape index (κ2) is 5.07. The molecule has 0 aliphatic carbocycles. The average molecular weight is 341 g/mol. The lowest BCUT2D eigenvalue weighted by molar-refractivity contribution is 0.244. The van der Waals surface area contributed by atoms with Crippen molar-refractivity contribution in [1.82, 2.24) is 14.9 Å². The first-order valence-electron chi connectivity index (χ1n) is 5.96. The van der Waals surface area contributed by atoms with Crippen molar-refractivity contribution < 1.29 is 0 Å². The van der Waals surface area contributed by atoms with Gasteiger partial charge in [0.1, 0.15) is 0 Å². The van der Waals surface area contributed by atoms with Gasteiger partial charge in [-0.15, -0.1) is 11.3 Å². The van der Waals surface area contributed by atoms with Gasteiger partial charge in [0.25, 0.3) is 5.56 Å². The van der Waals surface area contributed by atoms with E-state index >= 15 is 0 Å². The van der Waals surface area contributed by atoms with Crippen LogP contribution >= 0.6 is 27.3 Å². The summed E-state index contributed by atoms with van der Waals surface area (Å²) in [4.78, 5) is 22.2. The second-order valence-corrected chi connectivity index (χ2v) is 7.09. The molecule has 5 nitrogen and oxygen atoms in total. The molecule has 0 spiro atoms. The zero-order valence-corrected chi connectivity index (χ0v) is 12.6. The standard InChI is InChI=1S/C12H13BrN4OS/c13-10-2-1-7(19-10)5-17-4-3-9-8(6-17)11(18)16-12(14)15-9/h1-2H,3-6H2,(H3,14,15,16,18). The van der Waals surface area contributed by atoms with Gasteiger partial charge in [-0.05, 0) is 28.1 Å². The molecule has 0 aromatic carbocycles. The van der Waals surface area contributed by atoms with E-state index in [0.29, 0.717) is 6.54 Å². The smallest absolute Gasteiger partial charge is 0.257 e. The van der Waals surface area contributed by atoms with Crippen molar-refractivity contribution in [3.05, 3.63) is 42.4 Å². The summed E-state index contributed by atoms with van der Waals surface area (Å²) in [6, 6.07) is 4.16. The van der Waals surface area contributed by atoms with E-state index in [2.05, 4.69) is 36.9 Å². The van der Waals surface area contributed by atoms with Gasteiger partial charge in [-0.3, -0.25) is 14.7 Å². The molecule has 7 heteroatoms. The Hall–Kier alpha value is -1.18. The van der Waals surface area contributed by atoms with Crippen molar-refractivity contribution >= 4 is 33.2 Å². The predicted molar refractivity (Wildman–Crippen MR) is 79.1 cm³/mol. The first-order chi connectivity index (χ1) is 9.11. The van der Waals surface area contributed by atoms with E-state index in [1.54, 1.807) is 11.3 Å². The molecule has 0 saturated heterocycles. The van der Waals surface area contributed by atoms with Gasteiger partial charge in [0.05, 0.1) is 15.0 Å². The first kappa shape index (κ1) is 12.8. The third-order valence-electron chi connectivity index (χ3n) is 3.17. The van der Waals surface area contributed by atoms with E-state index in [4.69, 9.17) is 5.73 Å². The Bertz CT molecular complexity index is 666. The molecule has 2 aromatic rings. The van der Waals surface area contributed by atoms with Crippen LogP contribution in [0.2, 0.25) is 0 Å². The number of H-pyrrole nitrogens is 1. The van der Waals surface area contributed by atoms with Crippen LogP contribution in [-0.4, -0.2) is 21.4 Å². The Balaban J connectivity index is 1.80. The number of halogens is 1. The number of nitrogens with two attached hydrogens (primary N) is 1. The van der Waals surface area contributed by atoms with Gasteiger partial charge < -0.3 is 5.73 Å². The first-order valence-corrected chi connectivity index (χ1v) is 7.57. The topological polar surface area (TPSA) is 75.0 Å². The van der Waals surface area contributed by atoms with Gasteiger partial charge in [-0.2, -0.15) is 0 Å². The minimum atomic E-state index is -0.112. The minimum Gasteiger partial charge on any atom is -0.369 e. The molecular weight excluding hydrogens is 328 g/mol. The van der Waals surface area contributed by atoms with Gasteiger partial charge in [0, 0.05) is 30.9 Å². The van der Waals surface area contributed by atoms with Gasteiger partial charge in [-0.25, -0.2) is 4.98 Å². The zero-order chi connectivity index (χ0) is 13.4. The molecule has 3 heterocycles. The van der Waals surface area contributed by atoms with Crippen LogP contribution < -0.4 is 11.3 Å². The highest BCUT2D eigenvalue weighted by atomic mass is 79.9. The van der Waals surface area contributed by atoms with Gasteiger partial charge >= 0.3 is 0 Å². The van der Waals surface area contributed by atoms with Gasteiger partial charge in [0.15, 0.2) is 0 Å². The third-order valence-corrected chi connectivity index (χ3v) is 4.78. The highest BCUT2D eigenvalue weighted by molar-refractivity contribution is 9.11. The van der Waals surface area contributed by atoms with E-state index in [1.165, 1.54) is 4.88 Å². The van der Waals surface area contributed by atoms with Crippen molar-refractivity contribution in [2.75, 3.05) is 12.3 Å². The summed E-state index contributed by atoms with van der Waals surface area (Å²) in [7, 11) is 0. The quantitative estimate of drug-likeness (QED) is 0.873. The molecule has 0 radical (unpaired) electrons. The Morgan fingerprint density at radius 2 is 2.37 bits per heavy atom. The van der Waals surface area contributed by atoms with Crippen molar-refractivity contribution in [2.24, 2.45) is 0 Å². The number of nitrogens with one attached hydrogen (secondary N) is 1. The number of nitrogen functional groups attached to an aromatic ring is 1. The van der Waals surface area contributed by atoms with Crippen LogP contribution in [0.5, 0.6) is 0 Å². The number of nitrogens with zero attached hydrogens (tertiary/aromatic N) is 2. The molecule has 100 valence electrons. The SMILES string of the molecule is Nc1nc2c(c(=O)[nH]1)CN(Cc1ccc(Br)s1)CC2. The predicted octanol–water partition coefficient (Wildman–Crippen LogP) is 1.73. The van der Waals surface area contributed by atoms with Gasteiger partial charge in [-0.1, -0.05) is 0 Å². The summed E-state index contributed by atoms with van der Waals surface area (Å²) in [5.74, 6) is 0.208. The second-order valence-electron chi connectivity index (χ2n) is 4.54. The van der Waals surface area contributed by atoms with Crippen LogP contribution in [0, 0.1) is 0 Å². The largest absolute Gasteiger partial charge is 0.369 e. The normalized spacial score (nSPS) is 15.4. The van der Waals surface area contributed by atoms with E-state index in [9.17, 15) is 4.79 Å². The third kappa shape index (κ3) is 2.72. The Morgan fingerprint density at radius 1 is 1.53 bits per heavy atom. The maximum atomic E-state index is 11.9. The molecule has 0 bridgehead atoms. The summed E-state index contributed by atoms with van der Waals surface area (Å²) in [5.41, 5.74) is 7.03. The minimum absolute atomic E-state index is 0.112. The lowest BCUT2D eigenvalue weighted by Gasteiger charge is -2.26. The molecule has 0 fully saturated rings. The fourth-order valence-electron chi connectivity index (χ4n) is 2.29. The molecule has 3 N–H and O–H groups in total. The lowest BCUT2D eigenvalue weighted by Crippen LogP contribution is -2.35. The molecule has 1 aliphatic rings. The fourth-order valence-corrected chi connectivity index (χ4v) is 3.82. The van der Waals surface area contributed by atoms with E-state index < -0.39 is 0 Å². The van der Waals surface area contributed by atoms with E-state index in [1.807, 2.05) is 6.07 Å². The molecule has 0 unspecified atom stereocenters.